The number of aromatic nitrogens is 1. The van der Waals surface area contributed by atoms with Crippen molar-refractivity contribution in [2.24, 2.45) is 7.05 Å². The van der Waals surface area contributed by atoms with Crippen molar-refractivity contribution in [3.8, 4) is 22.6 Å². The Hall–Kier alpha value is -3.58. The highest BCUT2D eigenvalue weighted by atomic mass is 32.2. The van der Waals surface area contributed by atoms with Crippen molar-refractivity contribution in [3.63, 3.8) is 0 Å². The molecule has 4 aromatic rings. The molecule has 0 aliphatic heterocycles. The van der Waals surface area contributed by atoms with Gasteiger partial charge in [-0.3, -0.25) is 4.79 Å². The third-order valence-electron chi connectivity index (χ3n) is 5.14. The Kier molecular flexibility index (Phi) is 5.29. The number of aryl methyl sites for hydroxylation is 2. The van der Waals surface area contributed by atoms with Crippen LogP contribution < -0.4 is 14.5 Å². The van der Waals surface area contributed by atoms with E-state index in [-0.39, 0.29) is 21.8 Å². The summed E-state index contributed by atoms with van der Waals surface area (Å²) in [4.78, 5) is 13.3. The van der Waals surface area contributed by atoms with Gasteiger partial charge in [0, 0.05) is 12.4 Å². The van der Waals surface area contributed by atoms with Crippen LogP contribution in [0, 0.1) is 6.92 Å². The van der Waals surface area contributed by atoms with E-state index in [0.717, 1.165) is 5.56 Å². The van der Waals surface area contributed by atoms with Gasteiger partial charge in [-0.15, -0.1) is 0 Å². The van der Waals surface area contributed by atoms with Gasteiger partial charge in [-0.05, 0) is 48.9 Å². The first kappa shape index (κ1) is 20.7. The van der Waals surface area contributed by atoms with Gasteiger partial charge in [-0.25, -0.2) is 0 Å². The SMILES string of the molecule is COc1ccc(-c2c(OS(=O)(=O)c3ccc(C)cc3)c3ccccc3n(C)c2=O)cc1. The predicted octanol–water partition coefficient (Wildman–Crippen LogP) is 4.29. The van der Waals surface area contributed by atoms with Gasteiger partial charge in [0.05, 0.1) is 18.2 Å². The van der Waals surface area contributed by atoms with Crippen LogP contribution in [0.15, 0.2) is 82.5 Å². The lowest BCUT2D eigenvalue weighted by atomic mass is 10.0. The predicted molar refractivity (Wildman–Crippen MR) is 120 cm³/mol. The Morgan fingerprint density at radius 3 is 2.16 bits per heavy atom. The van der Waals surface area contributed by atoms with Gasteiger partial charge in [0.2, 0.25) is 0 Å². The summed E-state index contributed by atoms with van der Waals surface area (Å²) in [6, 6.07) is 20.2. The van der Waals surface area contributed by atoms with Crippen molar-refractivity contribution in [1.82, 2.24) is 4.57 Å². The molecule has 3 aromatic carbocycles. The molecule has 0 fully saturated rings. The number of fused-ring (bicyclic) bond motifs is 1. The first-order valence-corrected chi connectivity index (χ1v) is 11.0. The molecule has 4 rings (SSSR count). The smallest absolute Gasteiger partial charge is 0.339 e. The number of benzene rings is 3. The second kappa shape index (κ2) is 7.92. The van der Waals surface area contributed by atoms with Crippen LogP contribution in [0.2, 0.25) is 0 Å². The molecule has 31 heavy (non-hydrogen) atoms. The molecule has 0 bridgehead atoms. The van der Waals surface area contributed by atoms with Crippen molar-refractivity contribution in [2.75, 3.05) is 7.11 Å². The Bertz CT molecular complexity index is 1420. The Labute approximate surface area is 180 Å². The third-order valence-corrected chi connectivity index (χ3v) is 6.37. The van der Waals surface area contributed by atoms with Gasteiger partial charge >= 0.3 is 10.1 Å². The number of nitrogens with zero attached hydrogens (tertiary/aromatic N) is 1. The molecule has 1 heterocycles. The van der Waals surface area contributed by atoms with Gasteiger partial charge in [-0.1, -0.05) is 42.0 Å². The molecule has 6 nitrogen and oxygen atoms in total. The van der Waals surface area contributed by atoms with Crippen LogP contribution in [0.1, 0.15) is 5.56 Å². The summed E-state index contributed by atoms with van der Waals surface area (Å²) in [6.45, 7) is 1.87. The fraction of sp³-hybridized carbons (Fsp3) is 0.125. The van der Waals surface area contributed by atoms with Gasteiger partial charge in [0.1, 0.15) is 10.6 Å². The molecule has 7 heteroatoms. The van der Waals surface area contributed by atoms with Gasteiger partial charge in [-0.2, -0.15) is 8.42 Å². The molecule has 0 aliphatic rings. The summed E-state index contributed by atoms with van der Waals surface area (Å²) < 4.78 is 38.5. The van der Waals surface area contributed by atoms with E-state index in [1.54, 1.807) is 74.8 Å². The molecule has 0 saturated heterocycles. The highest BCUT2D eigenvalue weighted by molar-refractivity contribution is 7.87. The summed E-state index contributed by atoms with van der Waals surface area (Å²) in [5.74, 6) is 0.626. The van der Waals surface area contributed by atoms with Crippen LogP contribution in [-0.4, -0.2) is 20.1 Å². The van der Waals surface area contributed by atoms with E-state index in [1.165, 1.54) is 16.7 Å². The fourth-order valence-corrected chi connectivity index (χ4v) is 4.39. The molecule has 0 amide bonds. The Morgan fingerprint density at radius 1 is 0.871 bits per heavy atom. The molecule has 0 spiro atoms. The molecular formula is C24H21NO5S. The van der Waals surface area contributed by atoms with Crippen molar-refractivity contribution >= 4 is 21.0 Å². The summed E-state index contributed by atoms with van der Waals surface area (Å²) in [6.07, 6.45) is 0. The van der Waals surface area contributed by atoms with E-state index in [0.29, 0.717) is 22.2 Å². The monoisotopic (exact) mass is 435 g/mol. The number of hydrogen-bond donors (Lipinski definition) is 0. The number of rotatable bonds is 5. The Balaban J connectivity index is 1.99. The maximum Gasteiger partial charge on any atom is 0.339 e. The minimum Gasteiger partial charge on any atom is -0.497 e. The molecule has 0 saturated carbocycles. The van der Waals surface area contributed by atoms with E-state index >= 15 is 0 Å². The average molecular weight is 436 g/mol. The van der Waals surface area contributed by atoms with Crippen molar-refractivity contribution < 1.29 is 17.3 Å². The topological polar surface area (TPSA) is 74.6 Å². The lowest BCUT2D eigenvalue weighted by Gasteiger charge is -2.16. The molecule has 0 N–H and O–H groups in total. The van der Waals surface area contributed by atoms with E-state index in [1.807, 2.05) is 6.92 Å². The molecule has 0 atom stereocenters. The van der Waals surface area contributed by atoms with Crippen LogP contribution in [0.4, 0.5) is 0 Å². The zero-order valence-electron chi connectivity index (χ0n) is 17.3. The Morgan fingerprint density at radius 2 is 1.52 bits per heavy atom. The average Bonchev–Trinajstić information content (AvgIpc) is 2.78. The maximum atomic E-state index is 13.3. The number of pyridine rings is 1. The summed E-state index contributed by atoms with van der Waals surface area (Å²) in [5, 5.41) is 0.520. The highest BCUT2D eigenvalue weighted by Gasteiger charge is 2.24. The quantitative estimate of drug-likeness (QED) is 0.437. The van der Waals surface area contributed by atoms with E-state index in [2.05, 4.69) is 0 Å². The van der Waals surface area contributed by atoms with Crippen LogP contribution in [0.5, 0.6) is 11.5 Å². The van der Waals surface area contributed by atoms with Crippen LogP contribution in [0.25, 0.3) is 22.0 Å². The molecular weight excluding hydrogens is 414 g/mol. The zero-order chi connectivity index (χ0) is 22.2. The largest absolute Gasteiger partial charge is 0.497 e. The highest BCUT2D eigenvalue weighted by Crippen LogP contribution is 2.36. The van der Waals surface area contributed by atoms with E-state index in [9.17, 15) is 13.2 Å². The van der Waals surface area contributed by atoms with Gasteiger partial charge < -0.3 is 13.5 Å². The fourth-order valence-electron chi connectivity index (χ4n) is 3.43. The van der Waals surface area contributed by atoms with Crippen molar-refractivity contribution in [2.45, 2.75) is 11.8 Å². The minimum absolute atomic E-state index is 0.00411. The first-order valence-electron chi connectivity index (χ1n) is 9.59. The maximum absolute atomic E-state index is 13.3. The summed E-state index contributed by atoms with van der Waals surface area (Å²) in [5.41, 5.74) is 1.83. The molecule has 1 aromatic heterocycles. The summed E-state index contributed by atoms with van der Waals surface area (Å²) in [7, 11) is -0.970. The molecule has 158 valence electrons. The molecule has 0 radical (unpaired) electrons. The molecule has 0 aliphatic carbocycles. The second-order valence-corrected chi connectivity index (χ2v) is 8.71. The minimum atomic E-state index is -4.17. The second-order valence-electron chi connectivity index (χ2n) is 7.16. The molecule has 0 unspecified atom stereocenters. The first-order chi connectivity index (χ1) is 14.8. The lowest BCUT2D eigenvalue weighted by Crippen LogP contribution is -2.22. The van der Waals surface area contributed by atoms with Gasteiger partial charge in [0.15, 0.2) is 5.75 Å². The normalized spacial score (nSPS) is 11.5. The van der Waals surface area contributed by atoms with Crippen LogP contribution >= 0.6 is 0 Å². The van der Waals surface area contributed by atoms with Crippen LogP contribution in [0.3, 0.4) is 0 Å². The third kappa shape index (κ3) is 3.80. The van der Waals surface area contributed by atoms with E-state index in [4.69, 9.17) is 8.92 Å². The van der Waals surface area contributed by atoms with Crippen molar-refractivity contribution in [3.05, 3.63) is 88.7 Å². The number of para-hydroxylation sites is 1. The standard InChI is InChI=1S/C24H21NO5S/c1-16-8-14-19(15-9-16)31(27,28)30-23-20-6-4-5-7-21(20)25(2)24(26)22(23)17-10-12-18(29-3)13-11-17/h4-15H,1-3H3. The lowest BCUT2D eigenvalue weighted by molar-refractivity contribution is 0.415. The summed E-state index contributed by atoms with van der Waals surface area (Å²) >= 11 is 0. The van der Waals surface area contributed by atoms with E-state index < -0.39 is 10.1 Å². The number of methoxy groups -OCH3 is 1. The van der Waals surface area contributed by atoms with Crippen molar-refractivity contribution in [1.29, 1.82) is 0 Å². The number of hydrogen-bond acceptors (Lipinski definition) is 5. The van der Waals surface area contributed by atoms with Gasteiger partial charge in [0.25, 0.3) is 5.56 Å². The van der Waals surface area contributed by atoms with Crippen LogP contribution in [-0.2, 0) is 17.2 Å². The number of ether oxygens (including phenoxy) is 1. The zero-order valence-corrected chi connectivity index (χ0v) is 18.1.